The number of rotatable bonds is 3. The molecular weight excluding hydrogens is 227 g/mol. The lowest BCUT2D eigenvalue weighted by Gasteiger charge is -2.04. The molecule has 5 nitrogen and oxygen atoms in total. The Morgan fingerprint density at radius 1 is 1.47 bits per heavy atom. The smallest absolute Gasteiger partial charge is 0.305 e. The fourth-order valence-corrected chi connectivity index (χ4v) is 1.51. The number of carboxylic acids is 1. The van der Waals surface area contributed by atoms with Gasteiger partial charge in [-0.3, -0.25) is 14.2 Å². The Hall–Kier alpha value is -2.24. The second-order valence-corrected chi connectivity index (χ2v) is 3.55. The molecule has 0 atom stereocenters. The van der Waals surface area contributed by atoms with Gasteiger partial charge in [-0.05, 0) is 12.1 Å². The van der Waals surface area contributed by atoms with Crippen molar-refractivity contribution in [3.8, 4) is 0 Å². The van der Waals surface area contributed by atoms with E-state index in [0.717, 1.165) is 6.07 Å². The Labute approximate surface area is 95.1 Å². The first kappa shape index (κ1) is 11.3. The van der Waals surface area contributed by atoms with Crippen LogP contribution in [-0.4, -0.2) is 20.6 Å². The highest BCUT2D eigenvalue weighted by atomic mass is 19.1. The lowest BCUT2D eigenvalue weighted by Crippen LogP contribution is -2.21. The molecule has 2 rings (SSSR count). The fourth-order valence-electron chi connectivity index (χ4n) is 1.51. The van der Waals surface area contributed by atoms with Gasteiger partial charge in [0.25, 0.3) is 5.56 Å². The lowest BCUT2D eigenvalue weighted by molar-refractivity contribution is -0.137. The highest BCUT2D eigenvalue weighted by molar-refractivity contribution is 5.77. The molecule has 0 aliphatic carbocycles. The Bertz CT molecular complexity index is 636. The standard InChI is InChI=1S/C11H9FN2O3/c12-7-1-2-8-9(5-7)13-6-14(11(8)17)4-3-10(15)16/h1-2,5-6H,3-4H2,(H,15,16). The van der Waals surface area contributed by atoms with Gasteiger partial charge in [0.2, 0.25) is 0 Å². The van der Waals surface area contributed by atoms with Gasteiger partial charge in [-0.25, -0.2) is 9.37 Å². The number of aryl methyl sites for hydroxylation is 1. The van der Waals surface area contributed by atoms with Crippen molar-refractivity contribution in [2.75, 3.05) is 0 Å². The molecule has 1 heterocycles. The van der Waals surface area contributed by atoms with Crippen LogP contribution in [0.1, 0.15) is 6.42 Å². The van der Waals surface area contributed by atoms with Crippen LogP contribution in [0.2, 0.25) is 0 Å². The van der Waals surface area contributed by atoms with E-state index in [4.69, 9.17) is 5.11 Å². The van der Waals surface area contributed by atoms with Gasteiger partial charge in [0.15, 0.2) is 0 Å². The molecule has 0 unspecified atom stereocenters. The molecule has 0 spiro atoms. The number of hydrogen-bond acceptors (Lipinski definition) is 3. The molecule has 6 heteroatoms. The normalized spacial score (nSPS) is 10.6. The first-order chi connectivity index (χ1) is 8.08. The number of fused-ring (bicyclic) bond motifs is 1. The van der Waals surface area contributed by atoms with Crippen LogP contribution in [0.25, 0.3) is 10.9 Å². The van der Waals surface area contributed by atoms with Crippen LogP contribution < -0.4 is 5.56 Å². The van der Waals surface area contributed by atoms with Crippen LogP contribution in [0.4, 0.5) is 4.39 Å². The zero-order chi connectivity index (χ0) is 12.4. The predicted molar refractivity (Wildman–Crippen MR) is 58.2 cm³/mol. The summed E-state index contributed by atoms with van der Waals surface area (Å²) in [5.41, 5.74) is -0.0992. The van der Waals surface area contributed by atoms with E-state index < -0.39 is 11.8 Å². The SMILES string of the molecule is O=C(O)CCn1cnc2cc(F)ccc2c1=O. The minimum atomic E-state index is -0.990. The van der Waals surface area contributed by atoms with Gasteiger partial charge >= 0.3 is 5.97 Å². The molecule has 2 aromatic rings. The maximum Gasteiger partial charge on any atom is 0.305 e. The van der Waals surface area contributed by atoms with E-state index in [9.17, 15) is 14.0 Å². The van der Waals surface area contributed by atoms with Crippen molar-refractivity contribution in [3.05, 3.63) is 40.7 Å². The number of nitrogens with zero attached hydrogens (tertiary/aromatic N) is 2. The summed E-state index contributed by atoms with van der Waals surface area (Å²) >= 11 is 0. The summed E-state index contributed by atoms with van der Waals surface area (Å²) in [6, 6.07) is 3.68. The Kier molecular flexibility index (Phi) is 2.86. The van der Waals surface area contributed by atoms with Gasteiger partial charge in [-0.15, -0.1) is 0 Å². The average molecular weight is 236 g/mol. The number of hydrogen-bond donors (Lipinski definition) is 1. The topological polar surface area (TPSA) is 72.2 Å². The Morgan fingerprint density at radius 2 is 2.24 bits per heavy atom. The minimum Gasteiger partial charge on any atom is -0.481 e. The third-order valence-electron chi connectivity index (χ3n) is 2.35. The molecule has 0 amide bonds. The molecular formula is C11H9FN2O3. The minimum absolute atomic E-state index is 0.0501. The zero-order valence-electron chi connectivity index (χ0n) is 8.76. The summed E-state index contributed by atoms with van der Waals surface area (Å²) < 4.78 is 14.1. The predicted octanol–water partition coefficient (Wildman–Crippen LogP) is 1.01. The van der Waals surface area contributed by atoms with Crippen molar-refractivity contribution in [2.24, 2.45) is 0 Å². The van der Waals surface area contributed by atoms with Crippen LogP contribution in [0.15, 0.2) is 29.3 Å². The summed E-state index contributed by atoms with van der Waals surface area (Å²) in [5, 5.41) is 8.81. The molecule has 1 aromatic carbocycles. The summed E-state index contributed by atoms with van der Waals surface area (Å²) in [6.45, 7) is 0.0501. The number of aliphatic carboxylic acids is 1. The highest BCUT2D eigenvalue weighted by Gasteiger charge is 2.06. The van der Waals surface area contributed by atoms with Crippen molar-refractivity contribution in [2.45, 2.75) is 13.0 Å². The summed E-state index contributed by atoms with van der Waals surface area (Å²) in [5.74, 6) is -1.45. The molecule has 0 radical (unpaired) electrons. The zero-order valence-corrected chi connectivity index (χ0v) is 8.76. The van der Waals surface area contributed by atoms with Gasteiger partial charge in [0.05, 0.1) is 23.7 Å². The third-order valence-corrected chi connectivity index (χ3v) is 2.35. The molecule has 0 saturated carbocycles. The lowest BCUT2D eigenvalue weighted by atomic mass is 10.2. The van der Waals surface area contributed by atoms with Crippen molar-refractivity contribution in [1.82, 2.24) is 9.55 Å². The highest BCUT2D eigenvalue weighted by Crippen LogP contribution is 2.08. The van der Waals surface area contributed by atoms with Crippen molar-refractivity contribution in [3.63, 3.8) is 0 Å². The Morgan fingerprint density at radius 3 is 2.94 bits per heavy atom. The molecule has 0 aliphatic rings. The van der Waals surface area contributed by atoms with Gasteiger partial charge < -0.3 is 5.11 Å². The van der Waals surface area contributed by atoms with Crippen LogP contribution >= 0.6 is 0 Å². The number of benzene rings is 1. The van der Waals surface area contributed by atoms with Gasteiger partial charge in [0.1, 0.15) is 5.82 Å². The number of aromatic nitrogens is 2. The van der Waals surface area contributed by atoms with E-state index in [1.54, 1.807) is 0 Å². The van der Waals surface area contributed by atoms with Gasteiger partial charge in [-0.2, -0.15) is 0 Å². The second kappa shape index (κ2) is 4.32. The van der Waals surface area contributed by atoms with Crippen LogP contribution in [0.3, 0.4) is 0 Å². The van der Waals surface area contributed by atoms with Crippen LogP contribution in [-0.2, 0) is 11.3 Å². The molecule has 88 valence electrons. The van der Waals surface area contributed by atoms with Crippen molar-refractivity contribution < 1.29 is 14.3 Å². The fraction of sp³-hybridized carbons (Fsp3) is 0.182. The van der Waals surface area contributed by atoms with Crippen LogP contribution in [0.5, 0.6) is 0 Å². The molecule has 1 N–H and O–H groups in total. The Balaban J connectivity index is 2.47. The van der Waals surface area contributed by atoms with E-state index >= 15 is 0 Å². The quantitative estimate of drug-likeness (QED) is 0.863. The summed E-state index contributed by atoms with van der Waals surface area (Å²) in [7, 11) is 0. The molecule has 0 bridgehead atoms. The van der Waals surface area contributed by atoms with E-state index in [2.05, 4.69) is 4.98 Å². The summed E-state index contributed by atoms with van der Waals surface area (Å²) in [4.78, 5) is 26.2. The maximum absolute atomic E-state index is 12.9. The van der Waals surface area contributed by atoms with E-state index in [1.807, 2.05) is 0 Å². The first-order valence-electron chi connectivity index (χ1n) is 4.94. The molecule has 0 fully saturated rings. The average Bonchev–Trinajstić information content (AvgIpc) is 2.27. The van der Waals surface area contributed by atoms with Crippen LogP contribution in [0, 0.1) is 5.82 Å². The van der Waals surface area contributed by atoms with Crippen molar-refractivity contribution in [1.29, 1.82) is 0 Å². The first-order valence-corrected chi connectivity index (χ1v) is 4.94. The molecule has 17 heavy (non-hydrogen) atoms. The van der Waals surface area contributed by atoms with E-state index in [-0.39, 0.29) is 29.4 Å². The van der Waals surface area contributed by atoms with E-state index in [0.29, 0.717) is 0 Å². The molecule has 0 saturated heterocycles. The van der Waals surface area contributed by atoms with Gasteiger partial charge in [-0.1, -0.05) is 0 Å². The second-order valence-electron chi connectivity index (χ2n) is 3.55. The summed E-state index contributed by atoms with van der Waals surface area (Å²) in [6.07, 6.45) is 1.07. The van der Waals surface area contributed by atoms with Crippen molar-refractivity contribution >= 4 is 16.9 Å². The number of carboxylic acid groups (broad SMARTS) is 1. The van der Waals surface area contributed by atoms with E-state index in [1.165, 1.54) is 23.0 Å². The monoisotopic (exact) mass is 236 g/mol. The molecule has 1 aromatic heterocycles. The maximum atomic E-state index is 12.9. The third kappa shape index (κ3) is 2.30. The largest absolute Gasteiger partial charge is 0.481 e. The number of halogens is 1. The number of carbonyl (C=O) groups is 1. The van der Waals surface area contributed by atoms with Gasteiger partial charge in [0, 0.05) is 12.6 Å². The molecule has 0 aliphatic heterocycles.